The molecule has 2 atom stereocenters. The van der Waals surface area contributed by atoms with E-state index in [0.29, 0.717) is 6.61 Å². The van der Waals surface area contributed by atoms with Gasteiger partial charge in [0.1, 0.15) is 5.50 Å². The Labute approximate surface area is 82.0 Å². The van der Waals surface area contributed by atoms with Crippen LogP contribution in [0.5, 0.6) is 0 Å². The summed E-state index contributed by atoms with van der Waals surface area (Å²) in [6.07, 6.45) is -0.0816. The van der Waals surface area contributed by atoms with Crippen molar-refractivity contribution >= 4 is 11.6 Å². The number of hydrazine groups is 1. The Kier molecular flexibility index (Phi) is 2.80. The molecular formula is C9H11ClN2O. The van der Waals surface area contributed by atoms with E-state index in [0.717, 1.165) is 5.56 Å². The zero-order valence-electron chi connectivity index (χ0n) is 7.03. The van der Waals surface area contributed by atoms with Crippen LogP contribution >= 0.6 is 11.6 Å². The van der Waals surface area contributed by atoms with Gasteiger partial charge in [-0.2, -0.15) is 0 Å². The van der Waals surface area contributed by atoms with Gasteiger partial charge >= 0.3 is 0 Å². The topological polar surface area (TPSA) is 33.3 Å². The average Bonchev–Trinajstić information content (AvgIpc) is 2.17. The van der Waals surface area contributed by atoms with Crippen molar-refractivity contribution in [1.29, 1.82) is 0 Å². The highest BCUT2D eigenvalue weighted by atomic mass is 35.5. The number of ether oxygens (including phenoxy) is 1. The van der Waals surface area contributed by atoms with Crippen LogP contribution in [0.15, 0.2) is 30.3 Å². The smallest absolute Gasteiger partial charge is 0.151 e. The Morgan fingerprint density at radius 3 is 2.54 bits per heavy atom. The van der Waals surface area contributed by atoms with Crippen molar-refractivity contribution in [3.63, 3.8) is 0 Å². The first-order chi connectivity index (χ1) is 6.36. The predicted octanol–water partition coefficient (Wildman–Crippen LogP) is 1.20. The summed E-state index contributed by atoms with van der Waals surface area (Å²) >= 11 is 5.78. The van der Waals surface area contributed by atoms with Crippen LogP contribution in [-0.2, 0) is 11.3 Å². The molecular weight excluding hydrogens is 188 g/mol. The third-order valence-electron chi connectivity index (χ3n) is 1.90. The molecule has 0 saturated carbocycles. The lowest BCUT2D eigenvalue weighted by Gasteiger charge is -2.34. The molecule has 0 spiro atoms. The van der Waals surface area contributed by atoms with Gasteiger partial charge in [0.2, 0.25) is 0 Å². The zero-order valence-corrected chi connectivity index (χ0v) is 7.79. The first kappa shape index (κ1) is 8.97. The molecule has 0 aromatic heterocycles. The molecule has 3 nitrogen and oxygen atoms in total. The summed E-state index contributed by atoms with van der Waals surface area (Å²) in [5.41, 5.74) is 6.68. The molecule has 1 saturated heterocycles. The predicted molar refractivity (Wildman–Crippen MR) is 50.9 cm³/mol. The van der Waals surface area contributed by atoms with E-state index in [2.05, 4.69) is 10.9 Å². The highest BCUT2D eigenvalue weighted by Gasteiger charge is 2.28. The molecule has 0 amide bonds. The first-order valence-electron chi connectivity index (χ1n) is 4.17. The van der Waals surface area contributed by atoms with E-state index >= 15 is 0 Å². The number of benzene rings is 1. The van der Waals surface area contributed by atoms with E-state index < -0.39 is 0 Å². The van der Waals surface area contributed by atoms with Crippen molar-refractivity contribution in [3.8, 4) is 0 Å². The van der Waals surface area contributed by atoms with E-state index in [-0.39, 0.29) is 11.7 Å². The maximum Gasteiger partial charge on any atom is 0.151 e. The third kappa shape index (κ3) is 2.19. The van der Waals surface area contributed by atoms with Crippen molar-refractivity contribution in [1.82, 2.24) is 10.9 Å². The first-order valence-corrected chi connectivity index (χ1v) is 4.60. The van der Waals surface area contributed by atoms with Crippen LogP contribution in [0.4, 0.5) is 0 Å². The van der Waals surface area contributed by atoms with Crippen LogP contribution in [0.3, 0.4) is 0 Å². The Bertz CT molecular complexity index is 268. The molecule has 1 aromatic rings. The number of rotatable bonds is 3. The van der Waals surface area contributed by atoms with Gasteiger partial charge in [-0.05, 0) is 5.56 Å². The molecule has 0 aliphatic carbocycles. The fourth-order valence-electron chi connectivity index (χ4n) is 1.10. The SMILES string of the molecule is Cl[C@H]1NNC1OCc1ccccc1. The van der Waals surface area contributed by atoms with Gasteiger partial charge in [-0.1, -0.05) is 30.3 Å². The van der Waals surface area contributed by atoms with Gasteiger partial charge in [-0.15, -0.1) is 11.6 Å². The van der Waals surface area contributed by atoms with Crippen molar-refractivity contribution in [2.24, 2.45) is 0 Å². The molecule has 2 N–H and O–H groups in total. The van der Waals surface area contributed by atoms with Crippen LogP contribution in [-0.4, -0.2) is 11.7 Å². The van der Waals surface area contributed by atoms with Crippen LogP contribution in [0.2, 0.25) is 0 Å². The molecule has 0 bridgehead atoms. The van der Waals surface area contributed by atoms with E-state index in [1.54, 1.807) is 0 Å². The van der Waals surface area contributed by atoms with Gasteiger partial charge in [0, 0.05) is 0 Å². The fraction of sp³-hybridized carbons (Fsp3) is 0.333. The molecule has 1 fully saturated rings. The summed E-state index contributed by atoms with van der Waals surface area (Å²) in [5, 5.41) is 0. The monoisotopic (exact) mass is 198 g/mol. The summed E-state index contributed by atoms with van der Waals surface area (Å²) in [7, 11) is 0. The van der Waals surface area contributed by atoms with Crippen LogP contribution < -0.4 is 10.9 Å². The fourth-order valence-corrected chi connectivity index (χ4v) is 1.30. The minimum Gasteiger partial charge on any atom is -0.354 e. The maximum absolute atomic E-state index is 5.78. The van der Waals surface area contributed by atoms with Gasteiger partial charge in [0.25, 0.3) is 0 Å². The molecule has 1 aliphatic rings. The molecule has 70 valence electrons. The van der Waals surface area contributed by atoms with Gasteiger partial charge in [0.05, 0.1) is 6.61 Å². The molecule has 0 radical (unpaired) electrons. The highest BCUT2D eigenvalue weighted by Crippen LogP contribution is 2.10. The van der Waals surface area contributed by atoms with Gasteiger partial charge in [-0.3, -0.25) is 0 Å². The standard InChI is InChI=1S/C9H11ClN2O/c10-8-9(12-11-8)13-6-7-4-2-1-3-5-7/h1-5,8-9,11-12H,6H2/t8-,9?/m0/s1. The average molecular weight is 199 g/mol. The van der Waals surface area contributed by atoms with Gasteiger partial charge in [0.15, 0.2) is 6.23 Å². The summed E-state index contributed by atoms with van der Waals surface area (Å²) < 4.78 is 5.47. The Morgan fingerprint density at radius 2 is 2.00 bits per heavy atom. The number of alkyl halides is 1. The second-order valence-electron chi connectivity index (χ2n) is 2.91. The maximum atomic E-state index is 5.78. The minimum atomic E-state index is -0.122. The third-order valence-corrected chi connectivity index (χ3v) is 2.24. The molecule has 4 heteroatoms. The second kappa shape index (κ2) is 4.07. The second-order valence-corrected chi connectivity index (χ2v) is 3.38. The lowest BCUT2D eigenvalue weighted by Crippen LogP contribution is -2.65. The zero-order chi connectivity index (χ0) is 9.10. The summed E-state index contributed by atoms with van der Waals surface area (Å²) in [4.78, 5) is 0. The van der Waals surface area contributed by atoms with Gasteiger partial charge in [-0.25, -0.2) is 10.9 Å². The quantitative estimate of drug-likeness (QED) is 0.566. The summed E-state index contributed by atoms with van der Waals surface area (Å²) in [6, 6.07) is 10.0. The van der Waals surface area contributed by atoms with Crippen molar-refractivity contribution in [3.05, 3.63) is 35.9 Å². The number of halogens is 1. The minimum absolute atomic E-state index is 0.0816. The molecule has 1 aliphatic heterocycles. The molecule has 1 unspecified atom stereocenters. The van der Waals surface area contributed by atoms with Crippen LogP contribution in [0.25, 0.3) is 0 Å². The summed E-state index contributed by atoms with van der Waals surface area (Å²) in [5.74, 6) is 0. The normalized spacial score (nSPS) is 26.8. The van der Waals surface area contributed by atoms with E-state index in [1.807, 2.05) is 30.3 Å². The largest absolute Gasteiger partial charge is 0.354 e. The van der Waals surface area contributed by atoms with Gasteiger partial charge < -0.3 is 4.74 Å². The highest BCUT2D eigenvalue weighted by molar-refractivity contribution is 6.21. The van der Waals surface area contributed by atoms with Crippen LogP contribution in [0, 0.1) is 0 Å². The number of nitrogens with one attached hydrogen (secondary N) is 2. The molecule has 13 heavy (non-hydrogen) atoms. The lowest BCUT2D eigenvalue weighted by molar-refractivity contribution is -0.0514. The molecule has 1 aromatic carbocycles. The summed E-state index contributed by atoms with van der Waals surface area (Å²) in [6.45, 7) is 0.587. The number of hydrogen-bond donors (Lipinski definition) is 2. The van der Waals surface area contributed by atoms with Crippen molar-refractivity contribution in [2.75, 3.05) is 0 Å². The Balaban J connectivity index is 1.80. The number of hydrogen-bond acceptors (Lipinski definition) is 3. The van der Waals surface area contributed by atoms with E-state index in [9.17, 15) is 0 Å². The molecule has 1 heterocycles. The Morgan fingerprint density at radius 1 is 1.23 bits per heavy atom. The Hall–Kier alpha value is -0.610. The van der Waals surface area contributed by atoms with E-state index in [4.69, 9.17) is 16.3 Å². The van der Waals surface area contributed by atoms with Crippen LogP contribution in [0.1, 0.15) is 5.56 Å². The van der Waals surface area contributed by atoms with Crippen molar-refractivity contribution < 1.29 is 4.74 Å². The van der Waals surface area contributed by atoms with E-state index in [1.165, 1.54) is 0 Å². The molecule has 2 rings (SSSR count). The van der Waals surface area contributed by atoms with Crippen molar-refractivity contribution in [2.45, 2.75) is 18.3 Å². The lowest BCUT2D eigenvalue weighted by atomic mass is 10.2.